The van der Waals surface area contributed by atoms with Crippen molar-refractivity contribution in [2.75, 3.05) is 32.8 Å². The molecule has 2 saturated heterocycles. The second-order valence-corrected chi connectivity index (χ2v) is 6.09. The molecule has 2 aliphatic heterocycles. The van der Waals surface area contributed by atoms with Crippen LogP contribution in [0.15, 0.2) is 28.9 Å². The van der Waals surface area contributed by atoms with E-state index in [2.05, 4.69) is 10.2 Å². The van der Waals surface area contributed by atoms with Crippen molar-refractivity contribution in [1.82, 2.24) is 10.2 Å². The van der Waals surface area contributed by atoms with Gasteiger partial charge in [-0.25, -0.2) is 0 Å². The Morgan fingerprint density at radius 3 is 2.91 bits per heavy atom. The minimum absolute atomic E-state index is 0.0528. The average Bonchev–Trinajstić information content (AvgIpc) is 3.24. The molecule has 1 aromatic rings. The molecule has 2 fully saturated rings. The van der Waals surface area contributed by atoms with Crippen molar-refractivity contribution in [2.45, 2.75) is 25.3 Å². The molecule has 0 radical (unpaired) electrons. The van der Waals surface area contributed by atoms with E-state index < -0.39 is 0 Å². The Morgan fingerprint density at radius 2 is 2.23 bits per heavy atom. The summed E-state index contributed by atoms with van der Waals surface area (Å²) in [6.07, 6.45) is 8.29. The van der Waals surface area contributed by atoms with E-state index in [1.165, 1.54) is 12.5 Å². The second-order valence-electron chi connectivity index (χ2n) is 6.09. The zero-order valence-corrected chi connectivity index (χ0v) is 12.9. The number of carbonyl (C=O) groups is 1. The molecule has 120 valence electrons. The molecular formula is C17H24N2O3. The third-order valence-electron chi connectivity index (χ3n) is 4.58. The summed E-state index contributed by atoms with van der Waals surface area (Å²) in [4.78, 5) is 14.3. The molecule has 0 aliphatic carbocycles. The van der Waals surface area contributed by atoms with E-state index in [1.54, 1.807) is 18.4 Å². The number of piperidine rings is 1. The molecule has 0 bridgehead atoms. The van der Waals surface area contributed by atoms with Gasteiger partial charge in [0.25, 0.3) is 0 Å². The van der Waals surface area contributed by atoms with Crippen LogP contribution < -0.4 is 5.32 Å². The quantitative estimate of drug-likeness (QED) is 0.844. The van der Waals surface area contributed by atoms with Crippen LogP contribution in [0.1, 0.15) is 25.0 Å². The Kier molecular flexibility index (Phi) is 5.29. The summed E-state index contributed by atoms with van der Waals surface area (Å²) in [7, 11) is 0. The fourth-order valence-electron chi connectivity index (χ4n) is 3.18. The Bertz CT molecular complexity index is 484. The molecule has 0 aromatic carbocycles. The summed E-state index contributed by atoms with van der Waals surface area (Å²) >= 11 is 0. The molecule has 22 heavy (non-hydrogen) atoms. The van der Waals surface area contributed by atoms with Gasteiger partial charge in [0.05, 0.1) is 12.9 Å². The lowest BCUT2D eigenvalue weighted by molar-refractivity contribution is -0.116. The number of nitrogens with one attached hydrogen (secondary N) is 1. The Balaban J connectivity index is 1.35. The van der Waals surface area contributed by atoms with E-state index in [9.17, 15) is 4.79 Å². The van der Waals surface area contributed by atoms with Gasteiger partial charge in [-0.1, -0.05) is 0 Å². The minimum Gasteiger partial charge on any atom is -0.465 e. The first-order chi connectivity index (χ1) is 10.8. The molecule has 1 aromatic heterocycles. The first-order valence-electron chi connectivity index (χ1n) is 8.12. The summed E-state index contributed by atoms with van der Waals surface area (Å²) in [6.45, 7) is 4.80. The Hall–Kier alpha value is -1.59. The molecule has 3 heterocycles. The molecule has 5 nitrogen and oxygen atoms in total. The van der Waals surface area contributed by atoms with E-state index in [0.717, 1.165) is 45.7 Å². The summed E-state index contributed by atoms with van der Waals surface area (Å²) in [5, 5.41) is 2.99. The summed E-state index contributed by atoms with van der Waals surface area (Å²) in [6, 6.07) is 4.25. The van der Waals surface area contributed by atoms with Crippen LogP contribution in [-0.4, -0.2) is 49.7 Å². The first kappa shape index (κ1) is 15.3. The zero-order valence-electron chi connectivity index (χ0n) is 12.9. The van der Waals surface area contributed by atoms with Gasteiger partial charge in [0.1, 0.15) is 5.76 Å². The monoisotopic (exact) mass is 304 g/mol. The second kappa shape index (κ2) is 7.61. The normalized spacial score (nSPS) is 24.1. The van der Waals surface area contributed by atoms with Crippen molar-refractivity contribution in [3.05, 3.63) is 30.2 Å². The molecule has 0 spiro atoms. The molecule has 1 atom stereocenters. The van der Waals surface area contributed by atoms with E-state index >= 15 is 0 Å². The fourth-order valence-corrected chi connectivity index (χ4v) is 3.18. The van der Waals surface area contributed by atoms with Gasteiger partial charge in [-0.15, -0.1) is 0 Å². The van der Waals surface area contributed by atoms with E-state index in [4.69, 9.17) is 9.15 Å². The maximum Gasteiger partial charge on any atom is 0.244 e. The number of carbonyl (C=O) groups excluding carboxylic acids is 1. The summed E-state index contributed by atoms with van der Waals surface area (Å²) in [5.41, 5.74) is 0. The average molecular weight is 304 g/mol. The van der Waals surface area contributed by atoms with Crippen LogP contribution in [0.25, 0.3) is 6.08 Å². The van der Waals surface area contributed by atoms with Crippen LogP contribution in [0, 0.1) is 5.92 Å². The standard InChI is InChI=1S/C17H24N2O3/c20-17(4-3-16-2-1-10-22-16)18-12-14-5-8-19(9-6-14)15-7-11-21-13-15/h1-4,10,14-15H,5-9,11-13H2,(H,18,20)/b4-3+/t15-/m1/s1. The topological polar surface area (TPSA) is 54.7 Å². The lowest BCUT2D eigenvalue weighted by atomic mass is 9.95. The van der Waals surface area contributed by atoms with Crippen molar-refractivity contribution in [3.63, 3.8) is 0 Å². The van der Waals surface area contributed by atoms with Crippen molar-refractivity contribution in [2.24, 2.45) is 5.92 Å². The molecule has 2 aliphatic rings. The smallest absolute Gasteiger partial charge is 0.244 e. The van der Waals surface area contributed by atoms with Gasteiger partial charge in [0.2, 0.25) is 5.91 Å². The predicted octanol–water partition coefficient (Wildman–Crippen LogP) is 1.91. The number of furan rings is 1. The fraction of sp³-hybridized carbons (Fsp3) is 0.588. The van der Waals surface area contributed by atoms with Crippen LogP contribution in [0.2, 0.25) is 0 Å². The molecule has 3 rings (SSSR count). The Labute approximate surface area is 131 Å². The lowest BCUT2D eigenvalue weighted by Gasteiger charge is -2.35. The zero-order chi connectivity index (χ0) is 15.2. The van der Waals surface area contributed by atoms with Crippen LogP contribution in [0.3, 0.4) is 0 Å². The Morgan fingerprint density at radius 1 is 1.36 bits per heavy atom. The van der Waals surface area contributed by atoms with Crippen molar-refractivity contribution in [1.29, 1.82) is 0 Å². The molecule has 1 N–H and O–H groups in total. The SMILES string of the molecule is O=C(/C=C/c1ccco1)NCC1CCN([C@@H]2CCOC2)CC1. The lowest BCUT2D eigenvalue weighted by Crippen LogP contribution is -2.43. The van der Waals surface area contributed by atoms with E-state index in [1.807, 2.05) is 6.07 Å². The van der Waals surface area contributed by atoms with Gasteiger partial charge in [-0.3, -0.25) is 9.69 Å². The molecular weight excluding hydrogens is 280 g/mol. The van der Waals surface area contributed by atoms with E-state index in [0.29, 0.717) is 17.7 Å². The van der Waals surface area contributed by atoms with Crippen LogP contribution >= 0.6 is 0 Å². The maximum atomic E-state index is 11.8. The predicted molar refractivity (Wildman–Crippen MR) is 84.3 cm³/mol. The minimum atomic E-state index is -0.0528. The molecule has 0 saturated carbocycles. The number of ether oxygens (including phenoxy) is 1. The van der Waals surface area contributed by atoms with Gasteiger partial charge in [0, 0.05) is 25.3 Å². The number of amides is 1. The maximum absolute atomic E-state index is 11.8. The first-order valence-corrected chi connectivity index (χ1v) is 8.12. The van der Waals surface area contributed by atoms with Gasteiger partial charge < -0.3 is 14.5 Å². The third-order valence-corrected chi connectivity index (χ3v) is 4.58. The number of nitrogens with zero attached hydrogens (tertiary/aromatic N) is 1. The van der Waals surface area contributed by atoms with Crippen molar-refractivity contribution in [3.8, 4) is 0 Å². The third kappa shape index (κ3) is 4.21. The van der Waals surface area contributed by atoms with E-state index in [-0.39, 0.29) is 5.91 Å². The highest BCUT2D eigenvalue weighted by molar-refractivity contribution is 5.91. The molecule has 0 unspecified atom stereocenters. The molecule has 1 amide bonds. The highest BCUT2D eigenvalue weighted by Crippen LogP contribution is 2.21. The van der Waals surface area contributed by atoms with Crippen molar-refractivity contribution >= 4 is 12.0 Å². The number of hydrogen-bond acceptors (Lipinski definition) is 4. The highest BCUT2D eigenvalue weighted by Gasteiger charge is 2.27. The van der Waals surface area contributed by atoms with Gasteiger partial charge in [-0.05, 0) is 56.5 Å². The highest BCUT2D eigenvalue weighted by atomic mass is 16.5. The van der Waals surface area contributed by atoms with Crippen molar-refractivity contribution < 1.29 is 13.9 Å². The number of hydrogen-bond donors (Lipinski definition) is 1. The largest absolute Gasteiger partial charge is 0.465 e. The summed E-state index contributed by atoms with van der Waals surface area (Å²) < 4.78 is 10.6. The number of likely N-dealkylation sites (tertiary alicyclic amines) is 1. The number of rotatable bonds is 5. The van der Waals surface area contributed by atoms with Gasteiger partial charge in [0.15, 0.2) is 0 Å². The van der Waals surface area contributed by atoms with Crippen LogP contribution in [0.5, 0.6) is 0 Å². The van der Waals surface area contributed by atoms with Crippen LogP contribution in [-0.2, 0) is 9.53 Å². The van der Waals surface area contributed by atoms with Gasteiger partial charge in [-0.2, -0.15) is 0 Å². The van der Waals surface area contributed by atoms with Crippen LogP contribution in [0.4, 0.5) is 0 Å². The summed E-state index contributed by atoms with van der Waals surface area (Å²) in [5.74, 6) is 1.23. The van der Waals surface area contributed by atoms with Gasteiger partial charge >= 0.3 is 0 Å². The molecule has 5 heteroatoms.